The number of nitrogens with one attached hydrogen (secondary N) is 1. The molecule has 2 aromatic rings. The smallest absolute Gasteiger partial charge is 0.407 e. The average molecular weight is 370 g/mol. The number of alkyl carbamates (subject to hydrolysis) is 1. The summed E-state index contributed by atoms with van der Waals surface area (Å²) in [6.45, 7) is 9.40. The van der Waals surface area contributed by atoms with Gasteiger partial charge in [-0.1, -0.05) is 0 Å². The summed E-state index contributed by atoms with van der Waals surface area (Å²) in [4.78, 5) is 13.7. The number of nitrogens with zero attached hydrogens (tertiary/aromatic N) is 2. The van der Waals surface area contributed by atoms with Crippen LogP contribution in [0.3, 0.4) is 0 Å². The van der Waals surface area contributed by atoms with Crippen LogP contribution >= 0.6 is 11.3 Å². The van der Waals surface area contributed by atoms with E-state index in [4.69, 9.17) is 4.74 Å². The first-order valence-corrected chi connectivity index (χ1v) is 10.0. The van der Waals surface area contributed by atoms with Crippen LogP contribution in [0.1, 0.15) is 38.1 Å². The molecule has 0 aliphatic heterocycles. The van der Waals surface area contributed by atoms with Crippen LogP contribution < -0.4 is 5.32 Å². The largest absolute Gasteiger partial charge is 0.444 e. The monoisotopic (exact) mass is 369 g/mol. The molecule has 24 heavy (non-hydrogen) atoms. The maximum atomic E-state index is 11.9. The molecule has 1 unspecified atom stereocenters. The van der Waals surface area contributed by atoms with E-state index in [1.807, 2.05) is 34.6 Å². The lowest BCUT2D eigenvalue weighted by atomic mass is 10.1. The minimum atomic E-state index is -1.11. The van der Waals surface area contributed by atoms with Gasteiger partial charge in [0, 0.05) is 23.6 Å². The second-order valence-electron chi connectivity index (χ2n) is 6.74. The Labute approximate surface area is 148 Å². The van der Waals surface area contributed by atoms with E-state index in [0.717, 1.165) is 20.7 Å². The summed E-state index contributed by atoms with van der Waals surface area (Å²) in [6, 6.07) is -0.0878. The van der Waals surface area contributed by atoms with Crippen LogP contribution in [0.5, 0.6) is 0 Å². The molecule has 0 aliphatic rings. The summed E-state index contributed by atoms with van der Waals surface area (Å²) in [5.74, 6) is 0. The molecule has 0 aliphatic carbocycles. The zero-order valence-corrected chi connectivity index (χ0v) is 16.4. The molecule has 2 heterocycles. The van der Waals surface area contributed by atoms with Gasteiger partial charge in [0.2, 0.25) is 0 Å². The number of hydrogen-bond acceptors (Lipinski definition) is 6. The molecular weight excluding hydrogens is 346 g/mol. The van der Waals surface area contributed by atoms with E-state index in [-0.39, 0.29) is 6.04 Å². The van der Waals surface area contributed by atoms with Gasteiger partial charge in [0.25, 0.3) is 0 Å². The number of thiophene rings is 1. The second kappa shape index (κ2) is 7.14. The Morgan fingerprint density at radius 1 is 1.46 bits per heavy atom. The third-order valence-electron chi connectivity index (χ3n) is 3.33. The van der Waals surface area contributed by atoms with Gasteiger partial charge in [-0.2, -0.15) is 5.10 Å². The van der Waals surface area contributed by atoms with Gasteiger partial charge in [0.05, 0.1) is 26.6 Å². The van der Waals surface area contributed by atoms with E-state index < -0.39 is 22.5 Å². The van der Waals surface area contributed by atoms with Gasteiger partial charge < -0.3 is 10.1 Å². The summed E-state index contributed by atoms with van der Waals surface area (Å²) in [5, 5.41) is 11.0. The molecule has 2 rings (SSSR count). The minimum Gasteiger partial charge on any atom is -0.444 e. The first-order valence-electron chi connectivity index (χ1n) is 7.65. The molecule has 2 atom stereocenters. The number of fused-ring (bicyclic) bond motifs is 1. The Balaban J connectivity index is 2.18. The van der Waals surface area contributed by atoms with Crippen molar-refractivity contribution in [2.45, 2.75) is 57.6 Å². The molecule has 0 aromatic carbocycles. The maximum absolute atomic E-state index is 11.9. The summed E-state index contributed by atoms with van der Waals surface area (Å²) >= 11 is 1.56. The van der Waals surface area contributed by atoms with Crippen LogP contribution in [-0.2, 0) is 22.0 Å². The van der Waals surface area contributed by atoms with Gasteiger partial charge in [0.1, 0.15) is 11.1 Å². The number of aromatic nitrogens is 2. The Morgan fingerprint density at radius 3 is 2.71 bits per heavy atom. The van der Waals surface area contributed by atoms with Crippen LogP contribution in [0.15, 0.2) is 11.1 Å². The predicted octanol–water partition coefficient (Wildman–Crippen LogP) is 3.19. The van der Waals surface area contributed by atoms with Crippen molar-refractivity contribution in [2.75, 3.05) is 6.26 Å². The number of aryl methyl sites for hydroxylation is 1. The summed E-state index contributed by atoms with van der Waals surface area (Å²) < 4.78 is 18.0. The van der Waals surface area contributed by atoms with Crippen LogP contribution in [-0.4, -0.2) is 38.4 Å². The molecule has 0 fully saturated rings. The second-order valence-corrected chi connectivity index (χ2v) is 9.20. The van der Waals surface area contributed by atoms with Crippen LogP contribution in [0.25, 0.3) is 10.2 Å². The summed E-state index contributed by atoms with van der Waals surface area (Å²) in [7, 11) is -1.11. The van der Waals surface area contributed by atoms with E-state index in [0.29, 0.717) is 11.3 Å². The van der Waals surface area contributed by atoms with Gasteiger partial charge >= 0.3 is 6.09 Å². The lowest BCUT2D eigenvalue weighted by Crippen LogP contribution is -2.38. The van der Waals surface area contributed by atoms with E-state index >= 15 is 0 Å². The van der Waals surface area contributed by atoms with Crippen molar-refractivity contribution in [3.05, 3.63) is 16.6 Å². The summed E-state index contributed by atoms with van der Waals surface area (Å²) in [6.07, 6.45) is 3.42. The Bertz CT molecular complexity index is 781. The Hall–Kier alpha value is -1.54. The number of hydrogen-bond donors (Lipinski definition) is 1. The molecule has 8 heteroatoms. The zero-order chi connectivity index (χ0) is 18.1. The molecule has 2 aromatic heterocycles. The van der Waals surface area contributed by atoms with Crippen molar-refractivity contribution in [3.8, 4) is 0 Å². The molecule has 0 saturated carbocycles. The molecule has 132 valence electrons. The minimum absolute atomic E-state index is 0.0878. The van der Waals surface area contributed by atoms with E-state index in [2.05, 4.69) is 15.5 Å². The SMILES string of the molecule is Cc1c(C[C@H](C)NC(=O)OC(C)(C)C)sc2c(S(C)=O)cnnc12. The maximum Gasteiger partial charge on any atom is 0.407 e. The molecule has 6 nitrogen and oxygen atoms in total. The van der Waals surface area contributed by atoms with Gasteiger partial charge in [-0.25, -0.2) is 4.79 Å². The highest BCUT2D eigenvalue weighted by molar-refractivity contribution is 7.84. The Morgan fingerprint density at radius 2 is 2.12 bits per heavy atom. The number of ether oxygens (including phenoxy) is 1. The highest BCUT2D eigenvalue weighted by Gasteiger charge is 2.20. The molecule has 1 amide bonds. The van der Waals surface area contributed by atoms with Crippen molar-refractivity contribution >= 4 is 38.4 Å². The van der Waals surface area contributed by atoms with E-state index in [1.54, 1.807) is 23.8 Å². The molecule has 0 saturated heterocycles. The lowest BCUT2D eigenvalue weighted by Gasteiger charge is -2.21. The predicted molar refractivity (Wildman–Crippen MR) is 97.0 cm³/mol. The van der Waals surface area contributed by atoms with Gasteiger partial charge in [-0.15, -0.1) is 16.4 Å². The fraction of sp³-hybridized carbons (Fsp3) is 0.562. The molecule has 0 spiro atoms. The summed E-state index contributed by atoms with van der Waals surface area (Å²) in [5.41, 5.74) is 1.28. The highest BCUT2D eigenvalue weighted by atomic mass is 32.2. The number of rotatable bonds is 4. The van der Waals surface area contributed by atoms with Gasteiger partial charge in [0.15, 0.2) is 0 Å². The number of amides is 1. The first kappa shape index (κ1) is 18.8. The first-order chi connectivity index (χ1) is 11.1. The van der Waals surface area contributed by atoms with Crippen molar-refractivity contribution in [2.24, 2.45) is 0 Å². The zero-order valence-electron chi connectivity index (χ0n) is 14.8. The number of carbonyl (C=O) groups is 1. The average Bonchev–Trinajstić information content (AvgIpc) is 2.73. The van der Waals surface area contributed by atoms with Gasteiger partial charge in [-0.05, 0) is 40.2 Å². The van der Waals surface area contributed by atoms with Crippen LogP contribution in [0, 0.1) is 6.92 Å². The molecule has 0 radical (unpaired) electrons. The fourth-order valence-electron chi connectivity index (χ4n) is 2.27. The molecule has 0 bridgehead atoms. The molecular formula is C16H23N3O3S2. The lowest BCUT2D eigenvalue weighted by molar-refractivity contribution is 0.0508. The van der Waals surface area contributed by atoms with Crippen molar-refractivity contribution in [1.29, 1.82) is 0 Å². The number of carbonyl (C=O) groups excluding carboxylic acids is 1. The third kappa shape index (κ3) is 4.51. The van der Waals surface area contributed by atoms with Gasteiger partial charge in [-0.3, -0.25) is 4.21 Å². The standard InChI is InChI=1S/C16H23N3O3S2/c1-9(18-15(20)22-16(3,4)5)7-11-10(2)13-14(23-11)12(24(6)21)8-17-19-13/h8-9H,7H2,1-6H3,(H,18,20)/t9-,24?/m0/s1. The quantitative estimate of drug-likeness (QED) is 0.895. The van der Waals surface area contributed by atoms with E-state index in [9.17, 15) is 9.00 Å². The van der Waals surface area contributed by atoms with E-state index in [1.165, 1.54) is 0 Å². The molecule has 1 N–H and O–H groups in total. The third-order valence-corrected chi connectivity index (χ3v) is 5.73. The normalized spacial score (nSPS) is 14.4. The van der Waals surface area contributed by atoms with Crippen molar-refractivity contribution < 1.29 is 13.7 Å². The Kier molecular flexibility index (Phi) is 5.59. The highest BCUT2D eigenvalue weighted by Crippen LogP contribution is 2.33. The van der Waals surface area contributed by atoms with Crippen molar-refractivity contribution in [1.82, 2.24) is 15.5 Å². The van der Waals surface area contributed by atoms with Crippen molar-refractivity contribution in [3.63, 3.8) is 0 Å². The fourth-order valence-corrected chi connectivity index (χ4v) is 4.58. The topological polar surface area (TPSA) is 81.2 Å². The van der Waals surface area contributed by atoms with Crippen LogP contribution in [0.2, 0.25) is 0 Å². The van der Waals surface area contributed by atoms with Crippen LogP contribution in [0.4, 0.5) is 4.79 Å².